The molecule has 126 valence electrons. The summed E-state index contributed by atoms with van der Waals surface area (Å²) in [5, 5.41) is 10.1. The second kappa shape index (κ2) is 9.08. The molecule has 1 aliphatic heterocycles. The summed E-state index contributed by atoms with van der Waals surface area (Å²) in [5.74, 6) is -0.00642. The van der Waals surface area contributed by atoms with E-state index in [1.54, 1.807) is 6.07 Å². The van der Waals surface area contributed by atoms with Gasteiger partial charge in [0.1, 0.15) is 22.8 Å². The van der Waals surface area contributed by atoms with E-state index in [0.29, 0.717) is 24.7 Å². The Hall–Kier alpha value is -2.17. The van der Waals surface area contributed by atoms with Crippen LogP contribution in [0.2, 0.25) is 0 Å². The number of phenols is 1. The fraction of sp³-hybridized carbons (Fsp3) is 0.500. The number of hydrogen-bond donors (Lipinski definition) is 1. The average molecular weight is 320 g/mol. The van der Waals surface area contributed by atoms with Crippen LogP contribution in [0.5, 0.6) is 17.2 Å². The Morgan fingerprint density at radius 3 is 2.30 bits per heavy atom. The smallest absolute Gasteiger partial charge is 0.345 e. The van der Waals surface area contributed by atoms with E-state index < -0.39 is 5.97 Å². The Balaban J connectivity index is 2.19. The number of fused-ring (bicyclic) bond motifs is 1. The zero-order valence-corrected chi connectivity index (χ0v) is 13.5. The number of cyclic esters (lactones) is 1. The molecule has 0 saturated heterocycles. The first-order valence-corrected chi connectivity index (χ1v) is 8.08. The first-order valence-electron chi connectivity index (χ1n) is 8.08. The average Bonchev–Trinajstić information content (AvgIpc) is 2.55. The minimum atomic E-state index is -0.564. The van der Waals surface area contributed by atoms with Crippen molar-refractivity contribution in [2.45, 2.75) is 38.5 Å². The largest absolute Gasteiger partial charge is 0.507 e. The van der Waals surface area contributed by atoms with Crippen molar-refractivity contribution in [3.8, 4) is 17.2 Å². The van der Waals surface area contributed by atoms with E-state index in [4.69, 9.17) is 14.2 Å². The van der Waals surface area contributed by atoms with Gasteiger partial charge in [0.15, 0.2) is 0 Å². The Labute approximate surface area is 136 Å². The van der Waals surface area contributed by atoms with Gasteiger partial charge in [-0.3, -0.25) is 0 Å². The first-order chi connectivity index (χ1) is 11.2. The molecule has 0 unspecified atom stereocenters. The van der Waals surface area contributed by atoms with Gasteiger partial charge in [-0.1, -0.05) is 12.2 Å². The molecule has 1 heterocycles. The van der Waals surface area contributed by atoms with Crippen LogP contribution in [-0.4, -0.2) is 31.4 Å². The van der Waals surface area contributed by atoms with Crippen molar-refractivity contribution in [1.29, 1.82) is 0 Å². The normalized spacial score (nSPS) is 18.6. The highest BCUT2D eigenvalue weighted by molar-refractivity contribution is 5.95. The Morgan fingerprint density at radius 2 is 1.65 bits per heavy atom. The van der Waals surface area contributed by atoms with Gasteiger partial charge in [-0.15, -0.1) is 0 Å². The summed E-state index contributed by atoms with van der Waals surface area (Å²) in [6, 6.07) is 3.00. The number of benzene rings is 1. The number of aromatic hydroxyl groups is 1. The van der Waals surface area contributed by atoms with E-state index >= 15 is 0 Å². The number of ether oxygens (including phenoxy) is 3. The van der Waals surface area contributed by atoms with Gasteiger partial charge >= 0.3 is 5.97 Å². The lowest BCUT2D eigenvalue weighted by Crippen LogP contribution is -2.10. The molecule has 0 atom stereocenters. The predicted octanol–water partition coefficient (Wildman–Crippen LogP) is 3.85. The Morgan fingerprint density at radius 1 is 1.00 bits per heavy atom. The molecule has 5 heteroatoms. The van der Waals surface area contributed by atoms with Crippen LogP contribution < -0.4 is 9.47 Å². The van der Waals surface area contributed by atoms with Gasteiger partial charge in [0.2, 0.25) is 0 Å². The first kappa shape index (κ1) is 17.2. The van der Waals surface area contributed by atoms with Gasteiger partial charge in [0, 0.05) is 12.1 Å². The molecule has 0 aliphatic carbocycles. The SMILES string of the molecule is COc1cc(O)c2c(c1)OCCCC/C=C\CCCCOC2=O. The monoisotopic (exact) mass is 320 g/mol. The summed E-state index contributed by atoms with van der Waals surface area (Å²) in [5.41, 5.74) is 0.0683. The van der Waals surface area contributed by atoms with Crippen LogP contribution in [0.15, 0.2) is 24.3 Å². The summed E-state index contributed by atoms with van der Waals surface area (Å²) in [4.78, 5) is 12.2. The highest BCUT2D eigenvalue weighted by Crippen LogP contribution is 2.34. The Bertz CT molecular complexity index is 551. The second-order valence-electron chi connectivity index (χ2n) is 5.47. The highest BCUT2D eigenvalue weighted by atomic mass is 16.5. The minimum absolute atomic E-state index is 0.0683. The van der Waals surface area contributed by atoms with Gasteiger partial charge in [0.25, 0.3) is 0 Å². The zero-order chi connectivity index (χ0) is 16.5. The molecule has 0 spiro atoms. The van der Waals surface area contributed by atoms with Crippen molar-refractivity contribution in [3.05, 3.63) is 29.8 Å². The van der Waals surface area contributed by atoms with Crippen LogP contribution in [0.4, 0.5) is 0 Å². The number of allylic oxidation sites excluding steroid dienone is 2. The van der Waals surface area contributed by atoms with E-state index in [1.807, 2.05) is 0 Å². The third-order valence-corrected chi connectivity index (χ3v) is 3.68. The van der Waals surface area contributed by atoms with E-state index in [0.717, 1.165) is 38.5 Å². The van der Waals surface area contributed by atoms with E-state index in [2.05, 4.69) is 12.2 Å². The lowest BCUT2D eigenvalue weighted by atomic mass is 10.1. The molecule has 1 aromatic rings. The summed E-state index contributed by atoms with van der Waals surface area (Å²) < 4.78 is 16.1. The quantitative estimate of drug-likeness (QED) is 0.629. The van der Waals surface area contributed by atoms with Crippen molar-refractivity contribution in [3.63, 3.8) is 0 Å². The second-order valence-corrected chi connectivity index (χ2v) is 5.47. The third kappa shape index (κ3) is 5.20. The van der Waals surface area contributed by atoms with Crippen LogP contribution in [0.25, 0.3) is 0 Å². The number of carbonyl (C=O) groups excluding carboxylic acids is 1. The summed E-state index contributed by atoms with van der Waals surface area (Å²) in [6.45, 7) is 0.804. The number of esters is 1. The van der Waals surface area contributed by atoms with E-state index in [-0.39, 0.29) is 11.3 Å². The molecule has 0 saturated carbocycles. The van der Waals surface area contributed by atoms with E-state index in [9.17, 15) is 9.90 Å². The highest BCUT2D eigenvalue weighted by Gasteiger charge is 2.21. The summed E-state index contributed by atoms with van der Waals surface area (Å²) in [6.07, 6.45) is 10.0. The van der Waals surface area contributed by atoms with Crippen LogP contribution in [0.1, 0.15) is 48.9 Å². The molecule has 2 rings (SSSR count). The van der Waals surface area contributed by atoms with Crippen LogP contribution in [0, 0.1) is 0 Å². The summed E-state index contributed by atoms with van der Waals surface area (Å²) in [7, 11) is 1.50. The molecule has 0 radical (unpaired) electrons. The minimum Gasteiger partial charge on any atom is -0.507 e. The third-order valence-electron chi connectivity index (χ3n) is 3.68. The molecular formula is C18H24O5. The molecule has 0 aromatic heterocycles. The fourth-order valence-electron chi connectivity index (χ4n) is 2.40. The molecule has 5 nitrogen and oxygen atoms in total. The van der Waals surface area contributed by atoms with Gasteiger partial charge in [0.05, 0.1) is 20.3 Å². The van der Waals surface area contributed by atoms with Gasteiger partial charge in [-0.05, 0) is 38.5 Å². The van der Waals surface area contributed by atoms with Gasteiger partial charge in [-0.25, -0.2) is 4.79 Å². The molecule has 1 N–H and O–H groups in total. The maximum atomic E-state index is 12.2. The molecule has 23 heavy (non-hydrogen) atoms. The van der Waals surface area contributed by atoms with Gasteiger partial charge < -0.3 is 19.3 Å². The molecule has 0 amide bonds. The maximum absolute atomic E-state index is 12.2. The molecule has 0 bridgehead atoms. The van der Waals surface area contributed by atoms with E-state index in [1.165, 1.54) is 13.2 Å². The van der Waals surface area contributed by atoms with Gasteiger partial charge in [-0.2, -0.15) is 0 Å². The predicted molar refractivity (Wildman–Crippen MR) is 87.3 cm³/mol. The maximum Gasteiger partial charge on any atom is 0.345 e. The van der Waals surface area contributed by atoms with Crippen molar-refractivity contribution in [1.82, 2.24) is 0 Å². The number of hydrogen-bond acceptors (Lipinski definition) is 5. The number of phenolic OH excluding ortho intramolecular Hbond substituents is 1. The standard InChI is InChI=1S/C18H24O5/c1-21-14-12-15(19)17-16(13-14)22-10-8-6-4-2-3-5-7-9-11-23-18(17)20/h2-3,12-13,19H,4-11H2,1H3/b3-2-. The number of methoxy groups -OCH3 is 1. The van der Waals surface area contributed by atoms with Crippen LogP contribution in [-0.2, 0) is 4.74 Å². The molecule has 0 fully saturated rings. The molecular weight excluding hydrogens is 296 g/mol. The number of carbonyl (C=O) groups is 1. The molecule has 1 aliphatic rings. The topological polar surface area (TPSA) is 65.0 Å². The van der Waals surface area contributed by atoms with Crippen molar-refractivity contribution < 1.29 is 24.1 Å². The fourth-order valence-corrected chi connectivity index (χ4v) is 2.40. The zero-order valence-electron chi connectivity index (χ0n) is 13.5. The summed E-state index contributed by atoms with van der Waals surface area (Å²) >= 11 is 0. The van der Waals surface area contributed by atoms with Crippen molar-refractivity contribution in [2.24, 2.45) is 0 Å². The van der Waals surface area contributed by atoms with Crippen LogP contribution in [0.3, 0.4) is 0 Å². The lowest BCUT2D eigenvalue weighted by Gasteiger charge is -2.14. The van der Waals surface area contributed by atoms with Crippen molar-refractivity contribution >= 4 is 5.97 Å². The molecule has 1 aromatic carbocycles. The Kier molecular flexibility index (Phi) is 6.78. The van der Waals surface area contributed by atoms with Crippen LogP contribution >= 0.6 is 0 Å². The number of rotatable bonds is 1. The van der Waals surface area contributed by atoms with Crippen molar-refractivity contribution in [2.75, 3.05) is 20.3 Å². The lowest BCUT2D eigenvalue weighted by molar-refractivity contribution is 0.0490.